The Labute approximate surface area is 190 Å². The van der Waals surface area contributed by atoms with E-state index in [1.165, 1.54) is 16.7 Å². The summed E-state index contributed by atoms with van der Waals surface area (Å²) in [6.07, 6.45) is 2.29. The highest BCUT2D eigenvalue weighted by molar-refractivity contribution is 7.99. The van der Waals surface area contributed by atoms with Crippen LogP contribution in [-0.4, -0.2) is 44.1 Å². The van der Waals surface area contributed by atoms with E-state index in [-0.39, 0.29) is 18.4 Å². The maximum Gasteiger partial charge on any atom is 0.261 e. The van der Waals surface area contributed by atoms with Gasteiger partial charge in [0.2, 0.25) is 5.91 Å². The third kappa shape index (κ3) is 4.55. The molecule has 2 amide bonds. The van der Waals surface area contributed by atoms with Crippen LogP contribution in [0.25, 0.3) is 0 Å². The number of ether oxygens (including phenoxy) is 2. The number of aromatic nitrogens is 1. The van der Waals surface area contributed by atoms with Crippen LogP contribution < -0.4 is 19.7 Å². The molecule has 0 spiro atoms. The third-order valence-electron chi connectivity index (χ3n) is 5.09. The largest absolute Gasteiger partial charge is 0.493 e. The number of pyridine rings is 1. The van der Waals surface area contributed by atoms with E-state index in [0.717, 1.165) is 10.5 Å². The van der Waals surface area contributed by atoms with Crippen molar-refractivity contribution in [2.45, 2.75) is 16.3 Å². The van der Waals surface area contributed by atoms with Crippen molar-refractivity contribution >= 4 is 29.3 Å². The molecule has 164 valence electrons. The van der Waals surface area contributed by atoms with Crippen molar-refractivity contribution in [3.05, 3.63) is 71.9 Å². The van der Waals surface area contributed by atoms with E-state index in [1.807, 2.05) is 42.5 Å². The van der Waals surface area contributed by atoms with Crippen LogP contribution in [0.15, 0.2) is 70.7 Å². The summed E-state index contributed by atoms with van der Waals surface area (Å²) < 4.78 is 10.6. The van der Waals surface area contributed by atoms with Crippen molar-refractivity contribution in [2.75, 3.05) is 32.2 Å². The number of methoxy groups -OCH3 is 2. The Morgan fingerprint density at radius 3 is 2.69 bits per heavy atom. The molecule has 2 aromatic carbocycles. The normalized spacial score (nSPS) is 12.4. The predicted octanol–water partition coefficient (Wildman–Crippen LogP) is 3.57. The Morgan fingerprint density at radius 1 is 1.06 bits per heavy atom. The number of benzene rings is 2. The molecule has 0 aliphatic carbocycles. The van der Waals surface area contributed by atoms with Gasteiger partial charge in [0, 0.05) is 17.6 Å². The lowest BCUT2D eigenvalue weighted by atomic mass is 10.1. The van der Waals surface area contributed by atoms with Gasteiger partial charge < -0.3 is 14.8 Å². The van der Waals surface area contributed by atoms with Gasteiger partial charge in [0.1, 0.15) is 11.6 Å². The molecule has 0 saturated carbocycles. The lowest BCUT2D eigenvalue weighted by Crippen LogP contribution is -2.41. The van der Waals surface area contributed by atoms with Gasteiger partial charge in [-0.3, -0.25) is 14.5 Å². The van der Waals surface area contributed by atoms with Crippen LogP contribution in [0.5, 0.6) is 11.5 Å². The zero-order valence-corrected chi connectivity index (χ0v) is 18.6. The van der Waals surface area contributed by atoms with E-state index in [9.17, 15) is 9.59 Å². The first-order valence-electron chi connectivity index (χ1n) is 10.1. The van der Waals surface area contributed by atoms with Crippen molar-refractivity contribution < 1.29 is 19.1 Å². The maximum atomic E-state index is 13.2. The Kier molecular flexibility index (Phi) is 6.61. The highest BCUT2D eigenvalue weighted by Gasteiger charge is 2.29. The number of nitrogens with one attached hydrogen (secondary N) is 1. The van der Waals surface area contributed by atoms with Gasteiger partial charge in [0.05, 0.1) is 25.5 Å². The Balaban J connectivity index is 1.45. The number of carbonyl (C=O) groups is 2. The highest BCUT2D eigenvalue weighted by Crippen LogP contribution is 2.39. The van der Waals surface area contributed by atoms with Crippen LogP contribution in [0.3, 0.4) is 0 Å². The minimum atomic E-state index is -0.236. The monoisotopic (exact) mass is 449 g/mol. The molecule has 32 heavy (non-hydrogen) atoms. The molecule has 0 atom stereocenters. The molecule has 1 aliphatic heterocycles. The minimum Gasteiger partial charge on any atom is -0.493 e. The second-order valence-electron chi connectivity index (χ2n) is 7.11. The van der Waals surface area contributed by atoms with Gasteiger partial charge in [-0.05, 0) is 48.4 Å². The molecular formula is C24H23N3O4S. The van der Waals surface area contributed by atoms with Gasteiger partial charge in [-0.15, -0.1) is 0 Å². The van der Waals surface area contributed by atoms with E-state index in [4.69, 9.17) is 9.47 Å². The van der Waals surface area contributed by atoms with Crippen LogP contribution in [0.2, 0.25) is 0 Å². The van der Waals surface area contributed by atoms with Crippen molar-refractivity contribution in [3.8, 4) is 11.5 Å². The van der Waals surface area contributed by atoms with Gasteiger partial charge >= 0.3 is 0 Å². The average molecular weight is 450 g/mol. The van der Waals surface area contributed by atoms with E-state index < -0.39 is 0 Å². The first-order chi connectivity index (χ1) is 15.6. The molecule has 1 aromatic heterocycles. The summed E-state index contributed by atoms with van der Waals surface area (Å²) in [5, 5.41) is 3.55. The van der Waals surface area contributed by atoms with E-state index in [1.54, 1.807) is 32.5 Å². The number of fused-ring (bicyclic) bond motifs is 2. The fourth-order valence-corrected chi connectivity index (χ4v) is 4.52. The summed E-state index contributed by atoms with van der Waals surface area (Å²) in [4.78, 5) is 32.7. The number of anilines is 1. The Bertz CT molecular complexity index is 1150. The summed E-state index contributed by atoms with van der Waals surface area (Å²) in [5.74, 6) is 0.839. The second kappa shape index (κ2) is 9.74. The SMILES string of the molecule is COc1ccc(CCNC(=O)CN2C(=O)c3cccnc3Sc3ccccc32)cc1OC. The summed E-state index contributed by atoms with van der Waals surface area (Å²) in [6.45, 7) is 0.363. The Hall–Kier alpha value is -3.52. The average Bonchev–Trinajstić information content (AvgIpc) is 2.93. The van der Waals surface area contributed by atoms with E-state index >= 15 is 0 Å². The molecule has 1 aliphatic rings. The molecule has 2 heterocycles. The summed E-state index contributed by atoms with van der Waals surface area (Å²) >= 11 is 1.43. The standard InChI is InChI=1S/C24H23N3O4S/c1-30-19-10-9-16(14-20(19)31-2)11-13-25-22(28)15-27-18-7-3-4-8-21(18)32-23-17(24(27)29)6-5-12-26-23/h3-10,12,14H,11,13,15H2,1-2H3,(H,25,28). The maximum absolute atomic E-state index is 13.2. The van der Waals surface area contributed by atoms with Crippen LogP contribution in [0.4, 0.5) is 5.69 Å². The third-order valence-corrected chi connectivity index (χ3v) is 6.18. The molecule has 8 heteroatoms. The number of rotatable bonds is 7. The summed E-state index contributed by atoms with van der Waals surface area (Å²) in [6, 6.07) is 16.7. The van der Waals surface area contributed by atoms with Crippen LogP contribution in [0.1, 0.15) is 15.9 Å². The van der Waals surface area contributed by atoms with Gasteiger partial charge in [0.15, 0.2) is 11.5 Å². The molecule has 0 radical (unpaired) electrons. The molecule has 1 N–H and O–H groups in total. The van der Waals surface area contributed by atoms with Crippen LogP contribution >= 0.6 is 11.8 Å². The molecular weight excluding hydrogens is 426 g/mol. The molecule has 7 nitrogen and oxygen atoms in total. The summed E-state index contributed by atoms with van der Waals surface area (Å²) in [5.41, 5.74) is 2.21. The molecule has 4 rings (SSSR count). The minimum absolute atomic E-state index is 0.0727. The number of hydrogen-bond donors (Lipinski definition) is 1. The molecule has 0 unspecified atom stereocenters. The number of nitrogens with zero attached hydrogens (tertiary/aromatic N) is 2. The van der Waals surface area contributed by atoms with Crippen LogP contribution in [0, 0.1) is 0 Å². The number of hydrogen-bond acceptors (Lipinski definition) is 6. The van der Waals surface area contributed by atoms with Crippen LogP contribution in [-0.2, 0) is 11.2 Å². The zero-order valence-electron chi connectivity index (χ0n) is 17.8. The topological polar surface area (TPSA) is 80.8 Å². The molecule has 0 fully saturated rings. The lowest BCUT2D eigenvalue weighted by molar-refractivity contribution is -0.119. The van der Waals surface area contributed by atoms with Gasteiger partial charge in [0.25, 0.3) is 5.91 Å². The quantitative estimate of drug-likeness (QED) is 0.594. The number of para-hydroxylation sites is 1. The summed E-state index contributed by atoms with van der Waals surface area (Å²) in [7, 11) is 3.18. The van der Waals surface area contributed by atoms with Gasteiger partial charge in [-0.25, -0.2) is 4.98 Å². The Morgan fingerprint density at radius 2 is 1.88 bits per heavy atom. The van der Waals surface area contributed by atoms with Gasteiger partial charge in [-0.2, -0.15) is 0 Å². The van der Waals surface area contributed by atoms with E-state index in [0.29, 0.717) is 40.7 Å². The van der Waals surface area contributed by atoms with Crippen molar-refractivity contribution in [2.24, 2.45) is 0 Å². The number of carbonyl (C=O) groups excluding carboxylic acids is 2. The smallest absolute Gasteiger partial charge is 0.261 e. The van der Waals surface area contributed by atoms with Gasteiger partial charge in [-0.1, -0.05) is 30.0 Å². The van der Waals surface area contributed by atoms with Crippen molar-refractivity contribution in [1.29, 1.82) is 0 Å². The predicted molar refractivity (Wildman–Crippen MR) is 123 cm³/mol. The zero-order chi connectivity index (χ0) is 22.5. The highest BCUT2D eigenvalue weighted by atomic mass is 32.2. The fraction of sp³-hybridized carbons (Fsp3) is 0.208. The molecule has 0 bridgehead atoms. The van der Waals surface area contributed by atoms with Crippen molar-refractivity contribution in [1.82, 2.24) is 10.3 Å². The second-order valence-corrected chi connectivity index (χ2v) is 8.14. The molecule has 0 saturated heterocycles. The fourth-order valence-electron chi connectivity index (χ4n) is 3.50. The van der Waals surface area contributed by atoms with Crippen molar-refractivity contribution in [3.63, 3.8) is 0 Å². The lowest BCUT2D eigenvalue weighted by Gasteiger charge is -2.22. The first-order valence-corrected chi connectivity index (χ1v) is 10.9. The molecule has 3 aromatic rings. The number of amides is 2. The first kappa shape index (κ1) is 21.7. The van der Waals surface area contributed by atoms with E-state index in [2.05, 4.69) is 10.3 Å².